The van der Waals surface area contributed by atoms with Crippen LogP contribution in [0.5, 0.6) is 0 Å². The highest BCUT2D eigenvalue weighted by Gasteiger charge is 2.24. The van der Waals surface area contributed by atoms with Crippen molar-refractivity contribution in [3.63, 3.8) is 0 Å². The van der Waals surface area contributed by atoms with Crippen molar-refractivity contribution in [1.82, 2.24) is 20.1 Å². The van der Waals surface area contributed by atoms with Crippen LogP contribution in [-0.4, -0.2) is 33.8 Å². The van der Waals surface area contributed by atoms with E-state index in [-0.39, 0.29) is 5.91 Å². The maximum atomic E-state index is 12.9. The van der Waals surface area contributed by atoms with Crippen LogP contribution in [0.4, 0.5) is 5.69 Å². The molecule has 3 N–H and O–H groups in total. The third-order valence-corrected chi connectivity index (χ3v) is 5.73. The van der Waals surface area contributed by atoms with Gasteiger partial charge in [-0.15, -0.1) is 0 Å². The van der Waals surface area contributed by atoms with Crippen molar-refractivity contribution in [2.45, 2.75) is 25.8 Å². The summed E-state index contributed by atoms with van der Waals surface area (Å²) in [5, 5.41) is 15.9. The number of hydrogen-bond donors (Lipinski definition) is 3. The van der Waals surface area contributed by atoms with Gasteiger partial charge in [-0.3, -0.25) is 9.89 Å². The zero-order valence-electron chi connectivity index (χ0n) is 15.8. The molecule has 142 valence electrons. The van der Waals surface area contributed by atoms with Gasteiger partial charge in [0.05, 0.1) is 17.5 Å². The number of nitrogens with zero attached hydrogens (tertiary/aromatic N) is 2. The van der Waals surface area contributed by atoms with Gasteiger partial charge >= 0.3 is 0 Å². The van der Waals surface area contributed by atoms with Crippen LogP contribution in [0.25, 0.3) is 21.8 Å². The molecule has 0 bridgehead atoms. The van der Waals surface area contributed by atoms with Crippen molar-refractivity contribution in [3.8, 4) is 0 Å². The molecular weight excluding hydrogens is 350 g/mol. The number of amides is 1. The Morgan fingerprint density at radius 1 is 1.21 bits per heavy atom. The van der Waals surface area contributed by atoms with Crippen LogP contribution in [0.1, 0.15) is 35.3 Å². The molecule has 5 rings (SSSR count). The highest BCUT2D eigenvalue weighted by molar-refractivity contribution is 6.11. The molecule has 6 heteroatoms. The summed E-state index contributed by atoms with van der Waals surface area (Å²) in [5.74, 6) is 0.197. The minimum absolute atomic E-state index is 0.116. The molecule has 1 amide bonds. The Kier molecular flexibility index (Phi) is 4.13. The van der Waals surface area contributed by atoms with E-state index >= 15 is 0 Å². The van der Waals surface area contributed by atoms with Crippen LogP contribution in [0, 0.1) is 0 Å². The molecule has 2 aromatic heterocycles. The van der Waals surface area contributed by atoms with Crippen molar-refractivity contribution in [2.75, 3.05) is 18.4 Å². The number of aromatic nitrogens is 3. The summed E-state index contributed by atoms with van der Waals surface area (Å²) in [6.45, 7) is 4.91. The summed E-state index contributed by atoms with van der Waals surface area (Å²) in [5.41, 5.74) is 4.75. The van der Waals surface area contributed by atoms with E-state index in [2.05, 4.69) is 68.7 Å². The maximum absolute atomic E-state index is 12.9. The molecule has 0 aliphatic carbocycles. The van der Waals surface area contributed by atoms with Crippen molar-refractivity contribution >= 4 is 33.4 Å². The summed E-state index contributed by atoms with van der Waals surface area (Å²) in [7, 11) is 0. The van der Waals surface area contributed by atoms with Crippen LogP contribution in [-0.2, 0) is 6.54 Å². The second kappa shape index (κ2) is 6.80. The Morgan fingerprint density at radius 3 is 2.89 bits per heavy atom. The molecule has 4 aromatic rings. The number of aryl methyl sites for hydroxylation is 1. The summed E-state index contributed by atoms with van der Waals surface area (Å²) in [6.07, 6.45) is 2.65. The third kappa shape index (κ3) is 2.68. The molecule has 3 heterocycles. The summed E-state index contributed by atoms with van der Waals surface area (Å²) in [4.78, 5) is 12.9. The van der Waals surface area contributed by atoms with E-state index in [0.717, 1.165) is 42.8 Å². The Balaban J connectivity index is 1.50. The van der Waals surface area contributed by atoms with E-state index < -0.39 is 0 Å². The predicted molar refractivity (Wildman–Crippen MR) is 112 cm³/mol. The van der Waals surface area contributed by atoms with Gasteiger partial charge in [-0.2, -0.15) is 5.10 Å². The van der Waals surface area contributed by atoms with E-state index in [1.165, 1.54) is 16.4 Å². The monoisotopic (exact) mass is 373 g/mol. The fourth-order valence-corrected chi connectivity index (χ4v) is 4.36. The average molecular weight is 373 g/mol. The SMILES string of the molecule is CCn1c2ccccc2c2cc(NC(=O)c3cn[nH]c3C3CCNC3)ccc21. The minimum Gasteiger partial charge on any atom is -0.341 e. The number of anilines is 1. The molecule has 1 aliphatic rings. The van der Waals surface area contributed by atoms with E-state index in [4.69, 9.17) is 0 Å². The average Bonchev–Trinajstić information content (AvgIpc) is 3.45. The van der Waals surface area contributed by atoms with Crippen molar-refractivity contribution in [2.24, 2.45) is 0 Å². The number of aromatic amines is 1. The number of carbonyl (C=O) groups excluding carboxylic acids is 1. The standard InChI is InChI=1S/C22H23N5O/c1-2-27-19-6-4-3-5-16(19)17-11-15(7-8-20(17)27)25-22(28)18-13-24-26-21(18)14-9-10-23-12-14/h3-8,11,13-14,23H,2,9-10,12H2,1H3,(H,24,26)(H,25,28). The number of fused-ring (bicyclic) bond motifs is 3. The number of hydrogen-bond acceptors (Lipinski definition) is 3. The van der Waals surface area contributed by atoms with E-state index in [0.29, 0.717) is 11.5 Å². The van der Waals surface area contributed by atoms with Crippen molar-refractivity contribution in [3.05, 3.63) is 59.9 Å². The molecule has 6 nitrogen and oxygen atoms in total. The van der Waals surface area contributed by atoms with Gasteiger partial charge in [0.2, 0.25) is 0 Å². The second-order valence-corrected chi connectivity index (χ2v) is 7.33. The lowest BCUT2D eigenvalue weighted by atomic mass is 10.0. The fourth-order valence-electron chi connectivity index (χ4n) is 4.36. The zero-order chi connectivity index (χ0) is 19.1. The molecule has 2 aromatic carbocycles. The quantitative estimate of drug-likeness (QED) is 0.508. The summed E-state index contributed by atoms with van der Waals surface area (Å²) in [6, 6.07) is 14.5. The lowest BCUT2D eigenvalue weighted by molar-refractivity contribution is 0.102. The van der Waals surface area contributed by atoms with Gasteiger partial charge in [0.15, 0.2) is 0 Å². The van der Waals surface area contributed by atoms with Crippen molar-refractivity contribution < 1.29 is 4.79 Å². The molecule has 1 unspecified atom stereocenters. The molecule has 28 heavy (non-hydrogen) atoms. The third-order valence-electron chi connectivity index (χ3n) is 5.73. The van der Waals surface area contributed by atoms with Gasteiger partial charge in [0.1, 0.15) is 0 Å². The number of H-pyrrole nitrogens is 1. The highest BCUT2D eigenvalue weighted by Crippen LogP contribution is 2.31. The normalized spacial score (nSPS) is 16.8. The van der Waals surface area contributed by atoms with Gasteiger partial charge in [-0.05, 0) is 44.2 Å². The van der Waals surface area contributed by atoms with Gasteiger partial charge in [-0.25, -0.2) is 0 Å². The fraction of sp³-hybridized carbons (Fsp3) is 0.273. The maximum Gasteiger partial charge on any atom is 0.259 e. The van der Waals surface area contributed by atoms with Crippen molar-refractivity contribution in [1.29, 1.82) is 0 Å². The molecule has 1 atom stereocenters. The molecule has 0 radical (unpaired) electrons. The second-order valence-electron chi connectivity index (χ2n) is 7.33. The number of benzene rings is 2. The Hall–Kier alpha value is -3.12. The van der Waals surface area contributed by atoms with E-state index in [9.17, 15) is 4.79 Å². The van der Waals surface area contributed by atoms with E-state index in [1.54, 1.807) is 6.20 Å². The van der Waals surface area contributed by atoms with E-state index in [1.807, 2.05) is 6.07 Å². The van der Waals surface area contributed by atoms with Crippen LogP contribution in [0.3, 0.4) is 0 Å². The van der Waals surface area contributed by atoms with Gasteiger partial charge in [-0.1, -0.05) is 18.2 Å². The van der Waals surface area contributed by atoms with Gasteiger partial charge in [0.25, 0.3) is 5.91 Å². The molecule has 1 aliphatic heterocycles. The number of para-hydroxylation sites is 1. The lowest BCUT2D eigenvalue weighted by Gasteiger charge is -2.10. The Bertz CT molecular complexity index is 1170. The smallest absolute Gasteiger partial charge is 0.259 e. The first-order valence-electron chi connectivity index (χ1n) is 9.82. The van der Waals surface area contributed by atoms with Crippen LogP contribution < -0.4 is 10.6 Å². The first-order valence-corrected chi connectivity index (χ1v) is 9.82. The summed E-state index contributed by atoms with van der Waals surface area (Å²) < 4.78 is 2.30. The molecular formula is C22H23N5O. The van der Waals surface area contributed by atoms with Crippen LogP contribution >= 0.6 is 0 Å². The summed E-state index contributed by atoms with van der Waals surface area (Å²) >= 11 is 0. The predicted octanol–water partition coefficient (Wildman–Crippen LogP) is 3.87. The number of nitrogens with one attached hydrogen (secondary N) is 3. The molecule has 0 saturated carbocycles. The Morgan fingerprint density at radius 2 is 2.07 bits per heavy atom. The molecule has 1 saturated heterocycles. The number of carbonyl (C=O) groups is 1. The first-order chi connectivity index (χ1) is 13.8. The van der Waals surface area contributed by atoms with Crippen LogP contribution in [0.2, 0.25) is 0 Å². The van der Waals surface area contributed by atoms with Gasteiger partial charge in [0, 0.05) is 46.5 Å². The molecule has 1 fully saturated rings. The lowest BCUT2D eigenvalue weighted by Crippen LogP contribution is -2.16. The zero-order valence-corrected chi connectivity index (χ0v) is 15.8. The minimum atomic E-state index is -0.116. The highest BCUT2D eigenvalue weighted by atomic mass is 16.1. The largest absolute Gasteiger partial charge is 0.341 e. The molecule has 0 spiro atoms. The van der Waals surface area contributed by atoms with Gasteiger partial charge < -0.3 is 15.2 Å². The Labute approximate surface area is 162 Å². The van der Waals surface area contributed by atoms with Crippen LogP contribution in [0.15, 0.2) is 48.7 Å². The number of rotatable bonds is 4. The first kappa shape index (κ1) is 17.0. The topological polar surface area (TPSA) is 74.7 Å².